The van der Waals surface area contributed by atoms with E-state index in [9.17, 15) is 9.59 Å². The van der Waals surface area contributed by atoms with Gasteiger partial charge in [0.15, 0.2) is 0 Å². The zero-order valence-electron chi connectivity index (χ0n) is 12.5. The Morgan fingerprint density at radius 2 is 1.95 bits per heavy atom. The third kappa shape index (κ3) is 3.98. The lowest BCUT2D eigenvalue weighted by Gasteiger charge is -2.04. The Balaban J connectivity index is 1.98. The van der Waals surface area contributed by atoms with Crippen LogP contribution in [-0.4, -0.2) is 16.8 Å². The minimum absolute atomic E-state index is 0.291. The number of aryl methyl sites for hydroxylation is 2. The van der Waals surface area contributed by atoms with Crippen LogP contribution in [0.1, 0.15) is 50.9 Å². The number of hydrogen-bond donors (Lipinski definition) is 3. The van der Waals surface area contributed by atoms with Gasteiger partial charge in [-0.05, 0) is 46.5 Å². The van der Waals surface area contributed by atoms with Crippen molar-refractivity contribution in [1.82, 2.24) is 15.8 Å². The molecule has 0 saturated heterocycles. The van der Waals surface area contributed by atoms with Crippen molar-refractivity contribution >= 4 is 39.1 Å². The highest BCUT2D eigenvalue weighted by Gasteiger charge is 2.15. The first-order chi connectivity index (χ1) is 10.5. The largest absolute Gasteiger partial charge is 0.356 e. The van der Waals surface area contributed by atoms with Crippen molar-refractivity contribution in [2.24, 2.45) is 0 Å². The van der Waals surface area contributed by atoms with E-state index < -0.39 is 0 Å². The SMILES string of the molecule is CCCc1sc(C(=O)NNC(=O)c2cc(Br)c[nH]2)cc1CC. The van der Waals surface area contributed by atoms with Crippen LogP contribution in [0.25, 0.3) is 0 Å². The van der Waals surface area contributed by atoms with Crippen LogP contribution in [-0.2, 0) is 12.8 Å². The molecule has 2 aromatic rings. The first-order valence-corrected chi connectivity index (χ1v) is 8.72. The molecular weight excluding hydrogens is 366 g/mol. The maximum atomic E-state index is 12.1. The van der Waals surface area contributed by atoms with Crippen LogP contribution in [0.15, 0.2) is 22.8 Å². The Kier molecular flexibility index (Phi) is 5.79. The molecule has 0 bridgehead atoms. The molecule has 0 spiro atoms. The minimum atomic E-state index is -0.389. The molecule has 3 N–H and O–H groups in total. The number of amides is 2. The molecule has 0 aliphatic carbocycles. The van der Waals surface area contributed by atoms with Gasteiger partial charge in [-0.15, -0.1) is 11.3 Å². The average molecular weight is 384 g/mol. The molecule has 0 radical (unpaired) electrons. The molecular formula is C15H18BrN3O2S. The molecule has 0 aliphatic heterocycles. The van der Waals surface area contributed by atoms with E-state index >= 15 is 0 Å². The Morgan fingerprint density at radius 1 is 1.23 bits per heavy atom. The predicted octanol–water partition coefficient (Wildman–Crippen LogP) is 3.43. The van der Waals surface area contributed by atoms with Crippen LogP contribution >= 0.6 is 27.3 Å². The van der Waals surface area contributed by atoms with Gasteiger partial charge in [0.1, 0.15) is 5.69 Å². The van der Waals surface area contributed by atoms with Gasteiger partial charge in [-0.2, -0.15) is 0 Å². The second kappa shape index (κ2) is 7.60. The zero-order valence-corrected chi connectivity index (χ0v) is 14.9. The van der Waals surface area contributed by atoms with Gasteiger partial charge in [0.05, 0.1) is 4.88 Å². The number of hydrogen-bond acceptors (Lipinski definition) is 3. The lowest BCUT2D eigenvalue weighted by Crippen LogP contribution is -2.41. The van der Waals surface area contributed by atoms with Gasteiger partial charge in [-0.1, -0.05) is 20.3 Å². The summed E-state index contributed by atoms with van der Waals surface area (Å²) in [4.78, 5) is 28.7. The number of aromatic amines is 1. The van der Waals surface area contributed by atoms with Crippen molar-refractivity contribution in [1.29, 1.82) is 0 Å². The topological polar surface area (TPSA) is 74.0 Å². The number of hydrazine groups is 1. The van der Waals surface area contributed by atoms with Crippen molar-refractivity contribution in [2.45, 2.75) is 33.1 Å². The van der Waals surface area contributed by atoms with Crippen molar-refractivity contribution in [3.05, 3.63) is 43.8 Å². The fourth-order valence-corrected chi connectivity index (χ4v) is 3.65. The predicted molar refractivity (Wildman–Crippen MR) is 91.1 cm³/mol. The Labute approximate surface area is 141 Å². The van der Waals surface area contributed by atoms with Crippen molar-refractivity contribution in [2.75, 3.05) is 0 Å². The molecule has 0 aromatic carbocycles. The third-order valence-corrected chi connectivity index (χ3v) is 4.85. The number of nitrogens with one attached hydrogen (secondary N) is 3. The van der Waals surface area contributed by atoms with E-state index in [1.165, 1.54) is 21.8 Å². The van der Waals surface area contributed by atoms with Crippen LogP contribution in [0.5, 0.6) is 0 Å². The second-order valence-corrected chi connectivity index (χ2v) is 6.85. The monoisotopic (exact) mass is 383 g/mol. The van der Waals surface area contributed by atoms with E-state index in [0.717, 1.165) is 23.7 Å². The summed E-state index contributed by atoms with van der Waals surface area (Å²) in [5, 5.41) is 0. The van der Waals surface area contributed by atoms with Crippen LogP contribution in [0, 0.1) is 0 Å². The maximum Gasteiger partial charge on any atom is 0.286 e. The molecule has 22 heavy (non-hydrogen) atoms. The van der Waals surface area contributed by atoms with Gasteiger partial charge >= 0.3 is 0 Å². The summed E-state index contributed by atoms with van der Waals surface area (Å²) in [6.45, 7) is 4.20. The van der Waals surface area contributed by atoms with Gasteiger partial charge in [0.25, 0.3) is 11.8 Å². The highest BCUT2D eigenvalue weighted by molar-refractivity contribution is 9.10. The van der Waals surface area contributed by atoms with Crippen LogP contribution < -0.4 is 10.9 Å². The van der Waals surface area contributed by atoms with E-state index in [1.54, 1.807) is 12.3 Å². The number of thiophene rings is 1. The summed E-state index contributed by atoms with van der Waals surface area (Å²) in [7, 11) is 0. The molecule has 0 aliphatic rings. The van der Waals surface area contributed by atoms with E-state index in [1.807, 2.05) is 6.07 Å². The fourth-order valence-electron chi connectivity index (χ4n) is 2.06. The standard InChI is InChI=1S/C15H18BrN3O2S/c1-3-5-12-9(4-2)6-13(22-12)15(21)19-18-14(20)11-7-10(16)8-17-11/h6-8,17H,3-5H2,1-2H3,(H,18,20)(H,19,21). The van der Waals surface area contributed by atoms with Crippen LogP contribution in [0.2, 0.25) is 0 Å². The number of carbonyl (C=O) groups excluding carboxylic acids is 2. The second-order valence-electron chi connectivity index (χ2n) is 4.80. The first kappa shape index (κ1) is 16.8. The van der Waals surface area contributed by atoms with E-state index in [0.29, 0.717) is 10.6 Å². The lowest BCUT2D eigenvalue weighted by atomic mass is 10.1. The molecule has 0 saturated carbocycles. The summed E-state index contributed by atoms with van der Waals surface area (Å²) < 4.78 is 0.777. The molecule has 7 heteroatoms. The molecule has 118 valence electrons. The summed E-state index contributed by atoms with van der Waals surface area (Å²) >= 11 is 4.74. The molecule has 2 amide bonds. The number of aromatic nitrogens is 1. The van der Waals surface area contributed by atoms with Crippen molar-refractivity contribution in [3.63, 3.8) is 0 Å². The smallest absolute Gasteiger partial charge is 0.286 e. The molecule has 2 heterocycles. The quantitative estimate of drug-likeness (QED) is 0.691. The Hall–Kier alpha value is -1.60. The molecule has 0 unspecified atom stereocenters. The summed E-state index contributed by atoms with van der Waals surface area (Å²) in [6.07, 6.45) is 4.58. The molecule has 2 rings (SSSR count). The summed E-state index contributed by atoms with van der Waals surface area (Å²) in [6, 6.07) is 3.55. The number of rotatable bonds is 5. The lowest BCUT2D eigenvalue weighted by molar-refractivity contribution is 0.0846. The molecule has 0 atom stereocenters. The highest BCUT2D eigenvalue weighted by atomic mass is 79.9. The number of carbonyl (C=O) groups is 2. The Bertz CT molecular complexity index is 678. The van der Waals surface area contributed by atoms with Gasteiger partial charge in [0, 0.05) is 15.5 Å². The van der Waals surface area contributed by atoms with Crippen molar-refractivity contribution in [3.8, 4) is 0 Å². The van der Waals surface area contributed by atoms with Crippen LogP contribution in [0.4, 0.5) is 0 Å². The zero-order chi connectivity index (χ0) is 16.1. The average Bonchev–Trinajstić information content (AvgIpc) is 3.11. The number of H-pyrrole nitrogens is 1. The van der Waals surface area contributed by atoms with Gasteiger partial charge < -0.3 is 4.98 Å². The number of halogens is 1. The minimum Gasteiger partial charge on any atom is -0.356 e. The first-order valence-electron chi connectivity index (χ1n) is 7.11. The van der Waals surface area contributed by atoms with E-state index in [2.05, 4.69) is 45.6 Å². The van der Waals surface area contributed by atoms with E-state index in [4.69, 9.17) is 0 Å². The molecule has 5 nitrogen and oxygen atoms in total. The molecule has 0 fully saturated rings. The maximum absolute atomic E-state index is 12.1. The third-order valence-electron chi connectivity index (χ3n) is 3.16. The van der Waals surface area contributed by atoms with Gasteiger partial charge in [0.2, 0.25) is 0 Å². The van der Waals surface area contributed by atoms with Crippen molar-refractivity contribution < 1.29 is 9.59 Å². The fraction of sp³-hybridized carbons (Fsp3) is 0.333. The molecule has 2 aromatic heterocycles. The highest BCUT2D eigenvalue weighted by Crippen LogP contribution is 2.24. The normalized spacial score (nSPS) is 10.5. The summed E-state index contributed by atoms with van der Waals surface area (Å²) in [5.41, 5.74) is 6.43. The summed E-state index contributed by atoms with van der Waals surface area (Å²) in [5.74, 6) is -0.680. The van der Waals surface area contributed by atoms with E-state index in [-0.39, 0.29) is 11.8 Å². The van der Waals surface area contributed by atoms with Crippen LogP contribution in [0.3, 0.4) is 0 Å². The van der Waals surface area contributed by atoms with Gasteiger partial charge in [-0.3, -0.25) is 20.4 Å². The van der Waals surface area contributed by atoms with Gasteiger partial charge in [-0.25, -0.2) is 0 Å². The Morgan fingerprint density at radius 3 is 2.55 bits per heavy atom.